The van der Waals surface area contributed by atoms with Crippen molar-refractivity contribution in [3.8, 4) is 0 Å². The van der Waals surface area contributed by atoms with E-state index in [1.54, 1.807) is 0 Å². The van der Waals surface area contributed by atoms with E-state index in [0.717, 1.165) is 6.42 Å². The van der Waals surface area contributed by atoms with Crippen LogP contribution >= 0.6 is 11.8 Å². The molecule has 20 heavy (non-hydrogen) atoms. The maximum absolute atomic E-state index is 2.50. The van der Waals surface area contributed by atoms with Gasteiger partial charge in [-0.3, -0.25) is 0 Å². The predicted octanol–water partition coefficient (Wildman–Crippen LogP) is 3.97. The van der Waals surface area contributed by atoms with E-state index >= 15 is 0 Å². The van der Waals surface area contributed by atoms with E-state index in [1.807, 2.05) is 11.8 Å². The van der Waals surface area contributed by atoms with Crippen LogP contribution in [0.2, 0.25) is 0 Å². The average Bonchev–Trinajstić information content (AvgIpc) is 2.46. The minimum Gasteiger partial charge on any atom is -0.381 e. The van der Waals surface area contributed by atoms with Crippen LogP contribution in [0.15, 0.2) is 42.1 Å². The average molecular weight is 289 g/mol. The fourth-order valence-corrected chi connectivity index (χ4v) is 3.34. The number of rotatable bonds is 3. The Morgan fingerprint density at radius 1 is 1.20 bits per heavy atom. The largest absolute Gasteiger partial charge is 0.381 e. The van der Waals surface area contributed by atoms with Gasteiger partial charge < -0.3 is 4.90 Å². The highest BCUT2D eigenvalue weighted by Crippen LogP contribution is 2.30. The topological polar surface area (TPSA) is 6.25 Å². The van der Waals surface area contributed by atoms with Crippen molar-refractivity contribution in [3.63, 3.8) is 0 Å². The third-order valence-corrected chi connectivity index (χ3v) is 4.60. The normalized spacial score (nSPS) is 19.3. The Labute approximate surface area is 127 Å². The molecule has 1 atom stereocenters. The Balaban J connectivity index is 2.55. The molecule has 0 amide bonds. The first-order valence-corrected chi connectivity index (χ1v) is 8.40. The van der Waals surface area contributed by atoms with E-state index in [9.17, 15) is 0 Å². The Hall–Kier alpha value is -1.22. The van der Waals surface area contributed by atoms with E-state index in [4.69, 9.17) is 0 Å². The van der Waals surface area contributed by atoms with Crippen molar-refractivity contribution < 1.29 is 4.58 Å². The summed E-state index contributed by atoms with van der Waals surface area (Å²) in [4.78, 5) is 2.24. The lowest BCUT2D eigenvalue weighted by Crippen LogP contribution is -2.37. The molecule has 0 spiro atoms. The van der Waals surface area contributed by atoms with Crippen molar-refractivity contribution in [2.45, 2.75) is 26.3 Å². The molecule has 0 bridgehead atoms. The maximum atomic E-state index is 2.50. The van der Waals surface area contributed by atoms with Crippen molar-refractivity contribution in [1.29, 1.82) is 0 Å². The third-order valence-electron chi connectivity index (χ3n) is 3.86. The lowest BCUT2D eigenvalue weighted by atomic mass is 9.95. The summed E-state index contributed by atoms with van der Waals surface area (Å²) in [6.07, 6.45) is 5.60. The highest BCUT2D eigenvalue weighted by molar-refractivity contribution is 8.13. The Bertz CT molecular complexity index is 515. The number of thioether (sulfide) groups is 1. The van der Waals surface area contributed by atoms with Crippen LogP contribution in [0, 0.1) is 5.92 Å². The second kappa shape index (κ2) is 6.49. The first kappa shape index (κ1) is 15.2. The van der Waals surface area contributed by atoms with Crippen molar-refractivity contribution in [2.75, 3.05) is 20.4 Å². The first-order chi connectivity index (χ1) is 9.54. The Morgan fingerprint density at radius 2 is 1.85 bits per heavy atom. The SMILES string of the molecule is CSC1=[N+](c2ccccc2)C(C(C)C)CC(N(C)C)=C1. The van der Waals surface area contributed by atoms with Gasteiger partial charge in [0.15, 0.2) is 6.04 Å². The van der Waals surface area contributed by atoms with Gasteiger partial charge in [-0.05, 0) is 6.26 Å². The van der Waals surface area contributed by atoms with Gasteiger partial charge in [-0.15, -0.1) is 0 Å². The third kappa shape index (κ3) is 3.09. The summed E-state index contributed by atoms with van der Waals surface area (Å²) in [6, 6.07) is 11.3. The molecule has 0 N–H and O–H groups in total. The quantitative estimate of drug-likeness (QED) is 0.777. The first-order valence-electron chi connectivity index (χ1n) is 7.17. The van der Waals surface area contributed by atoms with E-state index in [0.29, 0.717) is 12.0 Å². The fraction of sp³-hybridized carbons (Fsp3) is 0.471. The zero-order valence-electron chi connectivity index (χ0n) is 13.1. The molecular formula is C17H25N2S+. The van der Waals surface area contributed by atoms with Crippen LogP contribution in [0.5, 0.6) is 0 Å². The van der Waals surface area contributed by atoms with Gasteiger partial charge >= 0.3 is 0 Å². The van der Waals surface area contributed by atoms with Crippen LogP contribution in [0.1, 0.15) is 20.3 Å². The van der Waals surface area contributed by atoms with Crippen molar-refractivity contribution in [1.82, 2.24) is 4.90 Å². The summed E-state index contributed by atoms with van der Waals surface area (Å²) >= 11 is 1.83. The number of para-hydroxylation sites is 1. The van der Waals surface area contributed by atoms with Crippen LogP contribution in [0.3, 0.4) is 0 Å². The lowest BCUT2D eigenvalue weighted by molar-refractivity contribution is -0.492. The molecule has 108 valence electrons. The smallest absolute Gasteiger partial charge is 0.242 e. The predicted molar refractivity (Wildman–Crippen MR) is 89.9 cm³/mol. The van der Waals surface area contributed by atoms with Gasteiger partial charge in [-0.25, -0.2) is 0 Å². The lowest BCUT2D eigenvalue weighted by Gasteiger charge is -2.28. The highest BCUT2D eigenvalue weighted by Gasteiger charge is 2.34. The fourth-order valence-electron chi connectivity index (χ4n) is 2.65. The zero-order valence-corrected chi connectivity index (χ0v) is 13.9. The van der Waals surface area contributed by atoms with Crippen molar-refractivity contribution in [2.24, 2.45) is 5.92 Å². The monoisotopic (exact) mass is 289 g/mol. The van der Waals surface area contributed by atoms with Crippen molar-refractivity contribution >= 4 is 22.5 Å². The van der Waals surface area contributed by atoms with Gasteiger partial charge in [0.1, 0.15) is 0 Å². The molecule has 1 aliphatic heterocycles. The summed E-state index contributed by atoms with van der Waals surface area (Å²) in [7, 11) is 4.28. The number of benzene rings is 1. The molecule has 1 aromatic rings. The molecule has 1 aliphatic rings. The van der Waals surface area contributed by atoms with E-state index in [1.165, 1.54) is 16.4 Å². The zero-order chi connectivity index (χ0) is 14.7. The molecule has 1 heterocycles. The van der Waals surface area contributed by atoms with Crippen LogP contribution in [-0.2, 0) is 0 Å². The van der Waals surface area contributed by atoms with Crippen LogP contribution in [-0.4, -0.2) is 40.9 Å². The second-order valence-electron chi connectivity index (χ2n) is 5.79. The molecule has 2 nitrogen and oxygen atoms in total. The Morgan fingerprint density at radius 3 is 2.35 bits per heavy atom. The van der Waals surface area contributed by atoms with E-state index < -0.39 is 0 Å². The molecule has 0 saturated carbocycles. The molecule has 3 heteroatoms. The molecule has 0 saturated heterocycles. The number of hydrogen-bond acceptors (Lipinski definition) is 2. The molecular weight excluding hydrogens is 264 g/mol. The van der Waals surface area contributed by atoms with Gasteiger partial charge in [0.05, 0.1) is 6.42 Å². The highest BCUT2D eigenvalue weighted by atomic mass is 32.2. The molecule has 2 rings (SSSR count). The number of nitrogens with zero attached hydrogens (tertiary/aromatic N) is 2. The van der Waals surface area contributed by atoms with Crippen LogP contribution < -0.4 is 0 Å². The van der Waals surface area contributed by atoms with Gasteiger partial charge in [-0.2, -0.15) is 4.58 Å². The van der Waals surface area contributed by atoms with Gasteiger partial charge in [-0.1, -0.05) is 43.8 Å². The van der Waals surface area contributed by atoms with Gasteiger partial charge in [0.25, 0.3) is 0 Å². The van der Waals surface area contributed by atoms with E-state index in [2.05, 4.69) is 80.1 Å². The van der Waals surface area contributed by atoms with Gasteiger partial charge in [0, 0.05) is 43.9 Å². The molecule has 0 aliphatic carbocycles. The van der Waals surface area contributed by atoms with Crippen LogP contribution in [0.25, 0.3) is 0 Å². The van der Waals surface area contributed by atoms with E-state index in [-0.39, 0.29) is 0 Å². The number of hydrogen-bond donors (Lipinski definition) is 0. The molecule has 0 radical (unpaired) electrons. The summed E-state index contributed by atoms with van der Waals surface area (Å²) in [5.41, 5.74) is 2.71. The van der Waals surface area contributed by atoms with Gasteiger partial charge in [0.2, 0.25) is 10.7 Å². The Kier molecular flexibility index (Phi) is 4.92. The molecule has 0 fully saturated rings. The minimum absolute atomic E-state index is 0.516. The second-order valence-corrected chi connectivity index (χ2v) is 6.62. The summed E-state index contributed by atoms with van der Waals surface area (Å²) in [6.45, 7) is 4.63. The minimum atomic E-state index is 0.516. The molecule has 0 aromatic heterocycles. The summed E-state index contributed by atoms with van der Waals surface area (Å²) in [5, 5.41) is 1.34. The standard InChI is InChI=1S/C17H25N2S/c1-13(2)16-11-15(18(3)4)12-17(20-5)19(16)14-9-7-6-8-10-14/h6-10,12-13,16H,11H2,1-5H3/q+1. The van der Waals surface area contributed by atoms with Crippen molar-refractivity contribution in [3.05, 3.63) is 42.1 Å². The molecule has 1 aromatic carbocycles. The van der Waals surface area contributed by atoms with Crippen LogP contribution in [0.4, 0.5) is 5.69 Å². The molecule has 1 unspecified atom stereocenters. The summed E-state index contributed by atoms with van der Waals surface area (Å²) in [5.74, 6) is 0.612. The maximum Gasteiger partial charge on any atom is 0.242 e. The summed E-state index contributed by atoms with van der Waals surface area (Å²) < 4.78 is 2.50.